The molecule has 1 unspecified atom stereocenters. The number of benzene rings is 3. The number of carbonyl (C=O) groups is 2. The van der Waals surface area contributed by atoms with E-state index in [9.17, 15) is 9.59 Å². The van der Waals surface area contributed by atoms with Gasteiger partial charge in [0.25, 0.3) is 0 Å². The smallest absolute Gasteiger partial charge is 0.223 e. The zero-order valence-corrected chi connectivity index (χ0v) is 21.6. The topological polar surface area (TPSA) is 70.7 Å². The van der Waals surface area contributed by atoms with Crippen molar-refractivity contribution < 1.29 is 14.3 Å². The lowest BCUT2D eigenvalue weighted by Gasteiger charge is -2.36. The number of hydrogen-bond acceptors (Lipinski definition) is 4. The zero-order chi connectivity index (χ0) is 25.9. The Morgan fingerprint density at radius 3 is 2.27 bits per heavy atom. The van der Waals surface area contributed by atoms with Crippen molar-refractivity contribution in [1.29, 1.82) is 0 Å². The number of carbonyl (C=O) groups excluding carboxylic acids is 2. The Kier molecular flexibility index (Phi) is 9.72. The minimum Gasteiger partial charge on any atom is -0.457 e. The summed E-state index contributed by atoms with van der Waals surface area (Å²) in [6.07, 6.45) is 3.58. The van der Waals surface area contributed by atoms with Crippen molar-refractivity contribution >= 4 is 11.8 Å². The summed E-state index contributed by atoms with van der Waals surface area (Å²) in [5.74, 6) is 1.77. The van der Waals surface area contributed by atoms with Crippen LogP contribution in [0.15, 0.2) is 78.9 Å². The van der Waals surface area contributed by atoms with Crippen LogP contribution in [0.25, 0.3) is 0 Å². The summed E-state index contributed by atoms with van der Waals surface area (Å²) in [6.45, 7) is 4.55. The molecule has 0 spiro atoms. The van der Waals surface area contributed by atoms with E-state index >= 15 is 0 Å². The molecule has 2 amide bonds. The molecule has 1 atom stereocenters. The maximum Gasteiger partial charge on any atom is 0.223 e. The zero-order valence-electron chi connectivity index (χ0n) is 21.6. The van der Waals surface area contributed by atoms with Crippen molar-refractivity contribution in [1.82, 2.24) is 15.5 Å². The number of amides is 2. The number of nitrogens with zero attached hydrogens (tertiary/aromatic N) is 1. The number of piperazine rings is 1. The molecule has 1 heterocycles. The first kappa shape index (κ1) is 26.4. The van der Waals surface area contributed by atoms with Gasteiger partial charge in [-0.15, -0.1) is 0 Å². The van der Waals surface area contributed by atoms with Crippen LogP contribution in [-0.4, -0.2) is 48.9 Å². The molecule has 0 bridgehead atoms. The lowest BCUT2D eigenvalue weighted by molar-refractivity contribution is -0.134. The van der Waals surface area contributed by atoms with Gasteiger partial charge in [0, 0.05) is 45.6 Å². The third-order valence-corrected chi connectivity index (χ3v) is 6.75. The number of aryl methyl sites for hydroxylation is 2. The first-order valence-electron chi connectivity index (χ1n) is 13.2. The van der Waals surface area contributed by atoms with Crippen LogP contribution in [0.4, 0.5) is 0 Å². The van der Waals surface area contributed by atoms with Crippen molar-refractivity contribution in [2.75, 3.05) is 26.2 Å². The molecule has 6 heteroatoms. The van der Waals surface area contributed by atoms with Crippen LogP contribution in [0.2, 0.25) is 0 Å². The van der Waals surface area contributed by atoms with Crippen molar-refractivity contribution in [3.63, 3.8) is 0 Å². The first-order chi connectivity index (χ1) is 18.1. The van der Waals surface area contributed by atoms with E-state index in [4.69, 9.17) is 4.74 Å². The summed E-state index contributed by atoms with van der Waals surface area (Å²) in [7, 11) is 0. The predicted octanol–water partition coefficient (Wildman–Crippen LogP) is 4.52. The Morgan fingerprint density at radius 2 is 1.57 bits per heavy atom. The van der Waals surface area contributed by atoms with E-state index < -0.39 is 0 Å². The van der Waals surface area contributed by atoms with Crippen molar-refractivity contribution in [2.24, 2.45) is 0 Å². The minimum atomic E-state index is -0.0137. The lowest BCUT2D eigenvalue weighted by atomic mass is 10.0. The average Bonchev–Trinajstić information content (AvgIpc) is 2.92. The molecule has 3 aromatic carbocycles. The fraction of sp³-hybridized carbons (Fsp3) is 0.355. The highest BCUT2D eigenvalue weighted by atomic mass is 16.5. The molecule has 6 nitrogen and oxygen atoms in total. The standard InChI is InChI=1S/C31H37N3O3/c1-24(35)33-19-9-14-26-12-5-7-15-29(26)37-30-16-8-6-13-27(30)17-18-31(36)34-21-20-32-23-28(34)22-25-10-3-2-4-11-25/h2-8,10-13,15-16,28,32H,9,14,17-23H2,1H3,(H,33,35). The van der Waals surface area contributed by atoms with Crippen LogP contribution >= 0.6 is 0 Å². The van der Waals surface area contributed by atoms with Gasteiger partial charge in [-0.2, -0.15) is 0 Å². The molecule has 0 aromatic heterocycles. The summed E-state index contributed by atoms with van der Waals surface area (Å²) < 4.78 is 6.37. The summed E-state index contributed by atoms with van der Waals surface area (Å²) in [4.78, 5) is 26.5. The molecule has 194 valence electrons. The Labute approximate surface area is 220 Å². The van der Waals surface area contributed by atoms with Gasteiger partial charge >= 0.3 is 0 Å². The van der Waals surface area contributed by atoms with Crippen LogP contribution in [0.3, 0.4) is 0 Å². The molecule has 1 fully saturated rings. The molecule has 3 aromatic rings. The number of rotatable bonds is 11. The Hall–Kier alpha value is -3.64. The molecular weight excluding hydrogens is 462 g/mol. The fourth-order valence-electron chi connectivity index (χ4n) is 4.82. The van der Waals surface area contributed by atoms with E-state index in [1.165, 1.54) is 12.5 Å². The average molecular weight is 500 g/mol. The Balaban J connectivity index is 1.38. The van der Waals surface area contributed by atoms with Crippen LogP contribution in [0.5, 0.6) is 11.5 Å². The Morgan fingerprint density at radius 1 is 0.919 bits per heavy atom. The molecule has 2 N–H and O–H groups in total. The van der Waals surface area contributed by atoms with Crippen molar-refractivity contribution in [3.8, 4) is 11.5 Å². The number of ether oxygens (including phenoxy) is 1. The SMILES string of the molecule is CC(=O)NCCCc1ccccc1Oc1ccccc1CCC(=O)N1CCNCC1Cc1ccccc1. The summed E-state index contributed by atoms with van der Waals surface area (Å²) in [6, 6.07) is 26.5. The largest absolute Gasteiger partial charge is 0.457 e. The second-order valence-electron chi connectivity index (χ2n) is 9.54. The molecule has 1 aliphatic rings. The highest BCUT2D eigenvalue weighted by Gasteiger charge is 2.26. The quantitative estimate of drug-likeness (QED) is 0.381. The minimum absolute atomic E-state index is 0.0137. The summed E-state index contributed by atoms with van der Waals surface area (Å²) in [5, 5.41) is 6.29. The van der Waals surface area contributed by atoms with Crippen molar-refractivity contribution in [2.45, 2.75) is 45.1 Å². The highest BCUT2D eigenvalue weighted by molar-refractivity contribution is 5.77. The van der Waals surface area contributed by atoms with Gasteiger partial charge in [0.1, 0.15) is 11.5 Å². The molecule has 0 radical (unpaired) electrons. The van der Waals surface area contributed by atoms with E-state index in [1.54, 1.807) is 0 Å². The molecule has 4 rings (SSSR count). The van der Waals surface area contributed by atoms with E-state index in [-0.39, 0.29) is 17.9 Å². The van der Waals surface area contributed by atoms with Gasteiger partial charge < -0.3 is 20.3 Å². The van der Waals surface area contributed by atoms with Gasteiger partial charge in [-0.3, -0.25) is 9.59 Å². The van der Waals surface area contributed by atoms with Gasteiger partial charge in [-0.05, 0) is 54.5 Å². The van der Waals surface area contributed by atoms with Gasteiger partial charge in [-0.25, -0.2) is 0 Å². The van der Waals surface area contributed by atoms with Gasteiger partial charge in [-0.1, -0.05) is 66.7 Å². The van der Waals surface area contributed by atoms with Gasteiger partial charge in [0.05, 0.1) is 0 Å². The van der Waals surface area contributed by atoms with E-state index in [0.29, 0.717) is 19.4 Å². The van der Waals surface area contributed by atoms with Crippen LogP contribution in [-0.2, 0) is 28.9 Å². The Bertz CT molecular complexity index is 1170. The summed E-state index contributed by atoms with van der Waals surface area (Å²) in [5.41, 5.74) is 3.38. The maximum atomic E-state index is 13.3. The highest BCUT2D eigenvalue weighted by Crippen LogP contribution is 2.30. The second kappa shape index (κ2) is 13.6. The van der Waals surface area contributed by atoms with Crippen LogP contribution in [0.1, 0.15) is 36.5 Å². The molecule has 0 aliphatic carbocycles. The lowest BCUT2D eigenvalue weighted by Crippen LogP contribution is -2.54. The molecular formula is C31H37N3O3. The van der Waals surface area contributed by atoms with Crippen molar-refractivity contribution in [3.05, 3.63) is 95.6 Å². The number of nitrogens with one attached hydrogen (secondary N) is 2. The molecule has 1 saturated heterocycles. The molecule has 0 saturated carbocycles. The van der Waals surface area contributed by atoms with E-state index in [1.807, 2.05) is 48.5 Å². The van der Waals surface area contributed by atoms with E-state index in [0.717, 1.165) is 61.5 Å². The monoisotopic (exact) mass is 499 g/mol. The third kappa shape index (κ3) is 7.92. The predicted molar refractivity (Wildman–Crippen MR) is 147 cm³/mol. The van der Waals surface area contributed by atoms with Crippen LogP contribution < -0.4 is 15.4 Å². The normalized spacial score (nSPS) is 15.3. The van der Waals surface area contributed by atoms with Gasteiger partial charge in [0.2, 0.25) is 11.8 Å². The fourth-order valence-corrected chi connectivity index (χ4v) is 4.82. The third-order valence-electron chi connectivity index (χ3n) is 6.75. The molecule has 1 aliphatic heterocycles. The number of hydrogen-bond donors (Lipinski definition) is 2. The molecule has 37 heavy (non-hydrogen) atoms. The number of para-hydroxylation sites is 2. The van der Waals surface area contributed by atoms with Gasteiger partial charge in [0.15, 0.2) is 0 Å². The summed E-state index contributed by atoms with van der Waals surface area (Å²) >= 11 is 0. The first-order valence-corrected chi connectivity index (χ1v) is 13.2. The van der Waals surface area contributed by atoms with E-state index in [2.05, 4.69) is 45.9 Å². The maximum absolute atomic E-state index is 13.3. The van der Waals surface area contributed by atoms with Crippen LogP contribution in [0, 0.1) is 0 Å². The second-order valence-corrected chi connectivity index (χ2v) is 9.54.